The average Bonchev–Trinajstić information content (AvgIpc) is 2.98. The third-order valence-electron chi connectivity index (χ3n) is 4.00. The van der Waals surface area contributed by atoms with Crippen molar-refractivity contribution in [3.05, 3.63) is 29.6 Å². The summed E-state index contributed by atoms with van der Waals surface area (Å²) in [6, 6.07) is 3.73. The number of hydrogen-bond donors (Lipinski definition) is 1. The summed E-state index contributed by atoms with van der Waals surface area (Å²) in [5.74, 6) is 0.758. The molecule has 0 aliphatic rings. The Hall–Kier alpha value is -2.80. The molecule has 7 heteroatoms. The number of fused-ring (bicyclic) bond motifs is 3. The molecule has 0 aliphatic carbocycles. The van der Waals surface area contributed by atoms with Gasteiger partial charge in [-0.05, 0) is 13.0 Å². The van der Waals surface area contributed by atoms with Crippen LogP contribution in [0.1, 0.15) is 23.0 Å². The quantitative estimate of drug-likeness (QED) is 0.692. The largest absolute Gasteiger partial charge is 0.493 e. The monoisotopic (exact) mass is 344 g/mol. The molecule has 2 heterocycles. The van der Waals surface area contributed by atoms with Crippen molar-refractivity contribution >= 4 is 27.8 Å². The van der Waals surface area contributed by atoms with Gasteiger partial charge in [-0.2, -0.15) is 0 Å². The van der Waals surface area contributed by atoms with Crippen LogP contribution in [0.25, 0.3) is 21.8 Å². The molecule has 7 nitrogen and oxygen atoms in total. The number of aromatic nitrogens is 2. The highest BCUT2D eigenvalue weighted by Gasteiger charge is 2.21. The Morgan fingerprint density at radius 1 is 1.12 bits per heavy atom. The average molecular weight is 344 g/mol. The molecule has 0 atom stereocenters. The van der Waals surface area contributed by atoms with Gasteiger partial charge in [0.1, 0.15) is 0 Å². The van der Waals surface area contributed by atoms with E-state index in [1.165, 1.54) is 0 Å². The van der Waals surface area contributed by atoms with Crippen molar-refractivity contribution in [2.45, 2.75) is 13.5 Å². The Kier molecular flexibility index (Phi) is 4.76. The summed E-state index contributed by atoms with van der Waals surface area (Å²) in [7, 11) is 4.75. The van der Waals surface area contributed by atoms with E-state index in [4.69, 9.17) is 18.9 Å². The topological polar surface area (TPSA) is 82.7 Å². The summed E-state index contributed by atoms with van der Waals surface area (Å²) in [6.45, 7) is 2.28. The van der Waals surface area contributed by atoms with Crippen LogP contribution in [0.2, 0.25) is 0 Å². The predicted molar refractivity (Wildman–Crippen MR) is 93.4 cm³/mol. The second kappa shape index (κ2) is 6.98. The molecular weight excluding hydrogens is 324 g/mol. The van der Waals surface area contributed by atoms with Crippen molar-refractivity contribution in [3.63, 3.8) is 0 Å². The lowest BCUT2D eigenvalue weighted by Crippen LogP contribution is -2.11. The van der Waals surface area contributed by atoms with Gasteiger partial charge in [-0.25, -0.2) is 9.78 Å². The second-order valence-electron chi connectivity index (χ2n) is 5.41. The van der Waals surface area contributed by atoms with Gasteiger partial charge in [-0.1, -0.05) is 0 Å². The maximum absolute atomic E-state index is 12.3. The van der Waals surface area contributed by atoms with Crippen LogP contribution in [0.3, 0.4) is 0 Å². The number of nitrogens with one attached hydrogen (secondary N) is 1. The van der Waals surface area contributed by atoms with Crippen molar-refractivity contribution in [3.8, 4) is 11.5 Å². The van der Waals surface area contributed by atoms with Crippen LogP contribution in [0.15, 0.2) is 18.3 Å². The number of nitrogens with zero attached hydrogens (tertiary/aromatic N) is 1. The van der Waals surface area contributed by atoms with Crippen molar-refractivity contribution in [1.82, 2.24) is 9.97 Å². The summed E-state index contributed by atoms with van der Waals surface area (Å²) in [5, 5.41) is 1.75. The number of ether oxygens (including phenoxy) is 4. The van der Waals surface area contributed by atoms with Gasteiger partial charge in [0.15, 0.2) is 17.2 Å². The standard InChI is InChI=1S/C18H20N2O5/c1-5-25-18(21)17-11(9-22-2)16-10-6-14(23-3)15(24-4)7-12(10)20-13(16)8-19-17/h6-8,20H,5,9H2,1-4H3. The Morgan fingerprint density at radius 3 is 2.48 bits per heavy atom. The van der Waals surface area contributed by atoms with Gasteiger partial charge in [0.2, 0.25) is 0 Å². The Morgan fingerprint density at radius 2 is 1.84 bits per heavy atom. The highest BCUT2D eigenvalue weighted by Crippen LogP contribution is 2.37. The van der Waals surface area contributed by atoms with Gasteiger partial charge in [0, 0.05) is 29.5 Å². The van der Waals surface area contributed by atoms with Crippen LogP contribution in [-0.2, 0) is 16.1 Å². The first kappa shape index (κ1) is 17.0. The summed E-state index contributed by atoms with van der Waals surface area (Å²) in [6.07, 6.45) is 1.62. The number of rotatable bonds is 6. The van der Waals surface area contributed by atoms with Gasteiger partial charge in [-0.15, -0.1) is 0 Å². The Bertz CT molecular complexity index is 932. The van der Waals surface area contributed by atoms with Gasteiger partial charge < -0.3 is 23.9 Å². The van der Waals surface area contributed by atoms with E-state index in [0.717, 1.165) is 21.8 Å². The highest BCUT2D eigenvalue weighted by atomic mass is 16.5. The van der Waals surface area contributed by atoms with Gasteiger partial charge >= 0.3 is 5.97 Å². The highest BCUT2D eigenvalue weighted by molar-refractivity contribution is 6.11. The molecule has 0 amide bonds. The van der Waals surface area contributed by atoms with Crippen LogP contribution in [0.5, 0.6) is 11.5 Å². The molecule has 3 rings (SSSR count). The van der Waals surface area contributed by atoms with E-state index in [1.54, 1.807) is 34.4 Å². The van der Waals surface area contributed by atoms with Crippen molar-refractivity contribution in [2.75, 3.05) is 27.9 Å². The maximum atomic E-state index is 12.3. The molecule has 0 aliphatic heterocycles. The van der Waals surface area contributed by atoms with Crippen LogP contribution in [-0.4, -0.2) is 43.9 Å². The fraction of sp³-hybridized carbons (Fsp3) is 0.333. The Labute approximate surface area is 144 Å². The van der Waals surface area contributed by atoms with E-state index in [9.17, 15) is 4.79 Å². The lowest BCUT2D eigenvalue weighted by molar-refractivity contribution is 0.0514. The number of pyridine rings is 1. The number of H-pyrrole nitrogens is 1. The molecule has 132 valence electrons. The number of methoxy groups -OCH3 is 3. The molecule has 0 spiro atoms. The first-order valence-corrected chi connectivity index (χ1v) is 7.85. The molecule has 2 aromatic heterocycles. The van der Waals surface area contributed by atoms with E-state index >= 15 is 0 Å². The van der Waals surface area contributed by atoms with Crippen LogP contribution < -0.4 is 9.47 Å². The summed E-state index contributed by atoms with van der Waals surface area (Å²) >= 11 is 0. The summed E-state index contributed by atoms with van der Waals surface area (Å²) < 4.78 is 21.2. The van der Waals surface area contributed by atoms with Gasteiger partial charge in [0.25, 0.3) is 0 Å². The third kappa shape index (κ3) is 2.87. The smallest absolute Gasteiger partial charge is 0.357 e. The molecule has 0 radical (unpaired) electrons. The van der Waals surface area contributed by atoms with E-state index < -0.39 is 5.97 Å². The number of carbonyl (C=O) groups excluding carboxylic acids is 1. The zero-order valence-electron chi connectivity index (χ0n) is 14.6. The Balaban J connectivity index is 2.34. The zero-order chi connectivity index (χ0) is 18.0. The molecular formula is C18H20N2O5. The molecule has 3 aromatic rings. The number of carbonyl (C=O) groups is 1. The lowest BCUT2D eigenvalue weighted by atomic mass is 10.1. The van der Waals surface area contributed by atoms with Crippen molar-refractivity contribution in [2.24, 2.45) is 0 Å². The fourth-order valence-electron chi connectivity index (χ4n) is 2.95. The first-order valence-electron chi connectivity index (χ1n) is 7.85. The SMILES string of the molecule is CCOC(=O)c1ncc2[nH]c3cc(OC)c(OC)cc3c2c1COC. The molecule has 0 bridgehead atoms. The maximum Gasteiger partial charge on any atom is 0.357 e. The minimum atomic E-state index is -0.466. The summed E-state index contributed by atoms with van der Waals surface area (Å²) in [5.41, 5.74) is 2.59. The molecule has 0 unspecified atom stereocenters. The van der Waals surface area contributed by atoms with E-state index in [2.05, 4.69) is 9.97 Å². The third-order valence-corrected chi connectivity index (χ3v) is 4.00. The lowest BCUT2D eigenvalue weighted by Gasteiger charge is -2.10. The normalized spacial score (nSPS) is 11.0. The minimum Gasteiger partial charge on any atom is -0.493 e. The molecule has 1 N–H and O–H groups in total. The number of hydrogen-bond acceptors (Lipinski definition) is 6. The number of esters is 1. The molecule has 0 saturated heterocycles. The first-order chi connectivity index (χ1) is 12.1. The van der Waals surface area contributed by atoms with Crippen LogP contribution >= 0.6 is 0 Å². The molecule has 1 aromatic carbocycles. The molecule has 0 saturated carbocycles. The van der Waals surface area contributed by atoms with E-state index in [0.29, 0.717) is 17.1 Å². The van der Waals surface area contributed by atoms with Crippen LogP contribution in [0.4, 0.5) is 0 Å². The summed E-state index contributed by atoms with van der Waals surface area (Å²) in [4.78, 5) is 19.8. The predicted octanol–water partition coefficient (Wildman–Crippen LogP) is 3.06. The number of aromatic amines is 1. The molecule has 0 fully saturated rings. The van der Waals surface area contributed by atoms with E-state index in [1.807, 2.05) is 12.1 Å². The van der Waals surface area contributed by atoms with Gasteiger partial charge in [-0.3, -0.25) is 0 Å². The van der Waals surface area contributed by atoms with Crippen molar-refractivity contribution in [1.29, 1.82) is 0 Å². The minimum absolute atomic E-state index is 0.236. The number of benzene rings is 1. The molecule has 25 heavy (non-hydrogen) atoms. The zero-order valence-corrected chi connectivity index (χ0v) is 14.6. The van der Waals surface area contributed by atoms with Crippen LogP contribution in [0, 0.1) is 0 Å². The van der Waals surface area contributed by atoms with Crippen molar-refractivity contribution < 1.29 is 23.7 Å². The van der Waals surface area contributed by atoms with E-state index in [-0.39, 0.29) is 18.9 Å². The fourth-order valence-corrected chi connectivity index (χ4v) is 2.95. The second-order valence-corrected chi connectivity index (χ2v) is 5.41. The van der Waals surface area contributed by atoms with Gasteiger partial charge in [0.05, 0.1) is 44.7 Å².